The molecule has 456 valence electrons. The molecule has 5 aromatic rings. The van der Waals surface area contributed by atoms with Crippen LogP contribution in [0, 0.1) is 0 Å². The lowest BCUT2D eigenvalue weighted by molar-refractivity contribution is -0.117. The lowest BCUT2D eigenvalue weighted by Crippen LogP contribution is -2.47. The van der Waals surface area contributed by atoms with Crippen LogP contribution in [0.25, 0.3) is 0 Å². The monoisotopic (exact) mass is 1180 g/mol. The maximum absolute atomic E-state index is 14.9. The van der Waals surface area contributed by atoms with Crippen LogP contribution in [0.4, 0.5) is 53.3 Å². The molecule has 22 heteroatoms. The van der Waals surface area contributed by atoms with Crippen LogP contribution < -0.4 is 49.3 Å². The maximum atomic E-state index is 14.9. The molecule has 8 amide bonds. The number of amides is 8. The van der Waals surface area contributed by atoms with E-state index in [2.05, 4.69) is 0 Å². The van der Waals surface area contributed by atoms with Crippen molar-refractivity contribution in [1.82, 2.24) is 0 Å². The van der Waals surface area contributed by atoms with Gasteiger partial charge in [-0.3, -0.25) is 19.2 Å². The van der Waals surface area contributed by atoms with Gasteiger partial charge in [-0.2, -0.15) is 0 Å². The van der Waals surface area contributed by atoms with Crippen molar-refractivity contribution in [3.05, 3.63) is 107 Å². The zero-order valence-corrected chi connectivity index (χ0v) is 51.5. The van der Waals surface area contributed by atoms with Crippen LogP contribution in [0.15, 0.2) is 94.9 Å². The predicted molar refractivity (Wildman–Crippen MR) is 320 cm³/mol. The molecule has 22 nitrogen and oxygen atoms in total. The molecule has 0 spiro atoms. The lowest BCUT2D eigenvalue weighted by atomic mass is 10.1. The summed E-state index contributed by atoms with van der Waals surface area (Å²) in [6.45, 7) is 25.8. The molecule has 0 aromatic heterocycles. The molecule has 5 aromatic carbocycles. The van der Waals surface area contributed by atoms with Gasteiger partial charge in [-0.25, -0.2) is 48.8 Å². The summed E-state index contributed by atoms with van der Waals surface area (Å²) in [5.74, 6) is -5.14. The van der Waals surface area contributed by atoms with E-state index in [0.29, 0.717) is 22.6 Å². The minimum Gasteiger partial charge on any atom is -0.492 e. The van der Waals surface area contributed by atoms with Gasteiger partial charge in [0.1, 0.15) is 78.7 Å². The number of carbonyl (C=O) groups excluding carboxylic acids is 8. The Bertz CT molecular complexity index is 3400. The molecule has 0 N–H and O–H groups in total. The Morgan fingerprint density at radius 3 is 0.988 bits per heavy atom. The number of carbonyl (C=O) groups is 8. The van der Waals surface area contributed by atoms with Crippen molar-refractivity contribution in [2.24, 2.45) is 9.98 Å². The first-order valence-electron chi connectivity index (χ1n) is 28.4. The molecule has 0 saturated heterocycles. The summed E-state index contributed by atoms with van der Waals surface area (Å²) in [7, 11) is 0. The first kappa shape index (κ1) is 64.2. The normalized spacial score (nSPS) is 12.3. The van der Waals surface area contributed by atoms with Gasteiger partial charge in [0.25, 0.3) is 11.8 Å². The molecule has 0 radical (unpaired) electrons. The van der Waals surface area contributed by atoms with Crippen LogP contribution >= 0.6 is 0 Å². The number of anilines is 4. The van der Waals surface area contributed by atoms with E-state index in [1.54, 1.807) is 133 Å². The average molecular weight is 1180 g/mol. The third-order valence-corrected chi connectivity index (χ3v) is 14.5. The van der Waals surface area contributed by atoms with Crippen LogP contribution in [-0.2, 0) is 28.5 Å². The molecule has 0 fully saturated rings. The standard InChI is InChI=1S/C64H74N6O16/c1-17-61(9,10)83-57(75)67(37(7)71)51-49-54(82-46-36-44(47(79-21-5)33-41(46)65-49)70(60(78)86-64(15,16)20-4)56(74)40-31-27-24-28-32-40)52(68(38(8)72)58(76)84-62(11,12)18-2)50-53(51)81-45-35-43(48(80-22-6)34-42(45)66-50)69(59(77)85-63(13,14)19-3)55(73)39-29-25-23-26-30-39/h23-36H,17-22H2,1-16H3. The summed E-state index contributed by atoms with van der Waals surface area (Å²) in [6, 6.07) is 21.2. The number of imide groups is 4. The quantitative estimate of drug-likeness (QED) is 0.0572. The van der Waals surface area contributed by atoms with Crippen molar-refractivity contribution in [2.75, 3.05) is 32.8 Å². The fourth-order valence-corrected chi connectivity index (χ4v) is 8.41. The van der Waals surface area contributed by atoms with Gasteiger partial charge in [-0.05, 0) is 119 Å². The van der Waals surface area contributed by atoms with Crippen molar-refractivity contribution >= 4 is 82.1 Å². The van der Waals surface area contributed by atoms with Crippen molar-refractivity contribution in [3.63, 3.8) is 0 Å². The van der Waals surface area contributed by atoms with E-state index in [0.717, 1.165) is 23.6 Å². The van der Waals surface area contributed by atoms with E-state index in [-0.39, 0.29) is 82.9 Å². The van der Waals surface area contributed by atoms with Gasteiger partial charge in [-0.15, -0.1) is 0 Å². The van der Waals surface area contributed by atoms with Crippen LogP contribution in [-0.4, -0.2) is 83.6 Å². The first-order valence-corrected chi connectivity index (χ1v) is 28.4. The smallest absolute Gasteiger partial charge is 0.422 e. The largest absolute Gasteiger partial charge is 0.492 e. The third kappa shape index (κ3) is 13.6. The van der Waals surface area contributed by atoms with Gasteiger partial charge < -0.3 is 37.9 Å². The zero-order valence-electron chi connectivity index (χ0n) is 51.5. The van der Waals surface area contributed by atoms with E-state index < -0.39 is 104 Å². The highest BCUT2D eigenvalue weighted by Crippen LogP contribution is 2.51. The molecular formula is C64H74N6O16. The fourth-order valence-electron chi connectivity index (χ4n) is 8.41. The summed E-state index contributed by atoms with van der Waals surface area (Å²) in [5.41, 5.74) is -5.85. The van der Waals surface area contributed by atoms with E-state index in [4.69, 9.17) is 47.9 Å². The number of hydrogen-bond acceptors (Lipinski definition) is 18. The molecule has 0 saturated carbocycles. The molecule has 2 aliphatic rings. The number of ether oxygens (including phenoxy) is 8. The van der Waals surface area contributed by atoms with Crippen molar-refractivity contribution in [2.45, 2.75) is 159 Å². The molecule has 0 unspecified atom stereocenters. The van der Waals surface area contributed by atoms with Crippen molar-refractivity contribution < 1.29 is 76.3 Å². The van der Waals surface area contributed by atoms with Crippen LogP contribution in [0.1, 0.15) is 157 Å². The molecule has 86 heavy (non-hydrogen) atoms. The summed E-state index contributed by atoms with van der Waals surface area (Å²) in [5, 5.41) is -0.844. The van der Waals surface area contributed by atoms with Gasteiger partial charge in [0.15, 0.2) is 23.0 Å². The van der Waals surface area contributed by atoms with E-state index in [9.17, 15) is 38.4 Å². The Labute approximate surface area is 499 Å². The van der Waals surface area contributed by atoms with Crippen LogP contribution in [0.2, 0.25) is 0 Å². The predicted octanol–water partition coefficient (Wildman–Crippen LogP) is 13.9. The second kappa shape index (κ2) is 25.5. The Hall–Kier alpha value is -9.34. The zero-order chi connectivity index (χ0) is 63.4. The molecule has 0 bridgehead atoms. The highest BCUT2D eigenvalue weighted by molar-refractivity contribution is 6.22. The number of fused-ring (bicyclic) bond motifs is 4. The minimum absolute atomic E-state index is 0.0137. The molecule has 2 heterocycles. The summed E-state index contributed by atoms with van der Waals surface area (Å²) >= 11 is 0. The average Bonchev–Trinajstić information content (AvgIpc) is 0.777. The van der Waals surface area contributed by atoms with Crippen molar-refractivity contribution in [3.8, 4) is 34.5 Å². The number of rotatable bonds is 18. The second-order valence-corrected chi connectivity index (χ2v) is 22.6. The Morgan fingerprint density at radius 2 is 0.721 bits per heavy atom. The first-order chi connectivity index (χ1) is 40.5. The SMILES string of the molecule is CCOc1cc2c(cc1N(C(=O)OC(C)(C)CC)C(=O)c1ccccc1)Oc1c(N(C(C)=O)C(=O)OC(C)(C)CC)c3c(c(N(C(C)=O)C(=O)OC(C)(C)CC)c1=N2)Oc1cc(N(C(=O)OC(C)(C)CC)C(=O)c2ccccc2)c(OCC)cc1N=3. The maximum Gasteiger partial charge on any atom is 0.422 e. The topological polar surface area (TPSA) is 248 Å². The molecule has 2 aliphatic heterocycles. The van der Waals surface area contributed by atoms with Crippen molar-refractivity contribution in [1.29, 1.82) is 0 Å². The highest BCUT2D eigenvalue weighted by atomic mass is 16.6. The van der Waals surface area contributed by atoms with Gasteiger partial charge >= 0.3 is 24.4 Å². The van der Waals surface area contributed by atoms with Gasteiger partial charge in [0, 0.05) is 49.2 Å². The summed E-state index contributed by atoms with van der Waals surface area (Å²) in [6.07, 6.45) is -3.34. The molecular weight excluding hydrogens is 1110 g/mol. The number of nitrogens with zero attached hydrogens (tertiary/aromatic N) is 6. The Morgan fingerprint density at radius 1 is 0.430 bits per heavy atom. The fraction of sp³-hybridized carbons (Fsp3) is 0.406. The van der Waals surface area contributed by atoms with E-state index in [1.807, 2.05) is 0 Å². The molecule has 0 atom stereocenters. The lowest BCUT2D eigenvalue weighted by Gasteiger charge is -2.33. The third-order valence-electron chi connectivity index (χ3n) is 14.5. The van der Waals surface area contributed by atoms with Gasteiger partial charge in [-0.1, -0.05) is 64.1 Å². The van der Waals surface area contributed by atoms with Gasteiger partial charge in [0.05, 0.1) is 13.2 Å². The van der Waals surface area contributed by atoms with E-state index in [1.165, 1.54) is 48.5 Å². The Kier molecular flexibility index (Phi) is 19.0. The van der Waals surface area contributed by atoms with Gasteiger partial charge in [0.2, 0.25) is 11.8 Å². The van der Waals surface area contributed by atoms with E-state index >= 15 is 0 Å². The summed E-state index contributed by atoms with van der Waals surface area (Å²) < 4.78 is 50.0. The minimum atomic E-state index is -1.23. The number of hydrogen-bond donors (Lipinski definition) is 0. The number of benzene rings is 5. The Balaban J connectivity index is 1.66. The summed E-state index contributed by atoms with van der Waals surface area (Å²) in [4.78, 5) is 130. The van der Waals surface area contributed by atoms with Crippen LogP contribution in [0.3, 0.4) is 0 Å². The molecule has 7 rings (SSSR count). The second-order valence-electron chi connectivity index (χ2n) is 22.6. The molecule has 0 aliphatic carbocycles. The van der Waals surface area contributed by atoms with Crippen LogP contribution in [0.5, 0.6) is 34.5 Å². The highest BCUT2D eigenvalue weighted by Gasteiger charge is 2.44.